The van der Waals surface area contributed by atoms with Gasteiger partial charge in [0, 0.05) is 23.5 Å². The number of fused-ring (bicyclic) bond motifs is 1. The van der Waals surface area contributed by atoms with Gasteiger partial charge >= 0.3 is 0 Å². The van der Waals surface area contributed by atoms with Crippen LogP contribution in [0.3, 0.4) is 0 Å². The maximum atomic E-state index is 12.5. The van der Waals surface area contributed by atoms with Gasteiger partial charge in [-0.1, -0.05) is 13.8 Å². The summed E-state index contributed by atoms with van der Waals surface area (Å²) in [6.45, 7) is 11.3. The first kappa shape index (κ1) is 20.1. The summed E-state index contributed by atoms with van der Waals surface area (Å²) in [5, 5.41) is 8.82. The lowest BCUT2D eigenvalue weighted by atomic mass is 10.0. The van der Waals surface area contributed by atoms with E-state index in [0.717, 1.165) is 25.0 Å². The second-order valence-electron chi connectivity index (χ2n) is 8.74. The lowest BCUT2D eigenvalue weighted by Crippen LogP contribution is -2.28. The molecule has 2 heterocycles. The summed E-state index contributed by atoms with van der Waals surface area (Å²) in [7, 11) is 0. The van der Waals surface area contributed by atoms with E-state index in [4.69, 9.17) is 4.98 Å². The van der Waals surface area contributed by atoms with Crippen molar-refractivity contribution < 1.29 is 4.79 Å². The molecule has 0 atom stereocenters. The largest absolute Gasteiger partial charge is 0.351 e. The van der Waals surface area contributed by atoms with Crippen LogP contribution in [0.1, 0.15) is 91.6 Å². The first-order chi connectivity index (χ1) is 12.8. The van der Waals surface area contributed by atoms with Crippen LogP contribution in [-0.2, 0) is 24.8 Å². The van der Waals surface area contributed by atoms with Crippen LogP contribution in [0.2, 0.25) is 0 Å². The molecule has 5 nitrogen and oxygen atoms in total. The molecule has 0 saturated heterocycles. The number of carbonyl (C=O) groups excluding carboxylic acids is 1. The minimum atomic E-state index is -0.137. The lowest BCUT2D eigenvalue weighted by molar-refractivity contribution is 0.0946. The van der Waals surface area contributed by atoms with Gasteiger partial charge in [0.05, 0.1) is 16.2 Å². The molecule has 0 aliphatic heterocycles. The molecule has 1 N–H and O–H groups in total. The zero-order valence-electron chi connectivity index (χ0n) is 17.3. The van der Waals surface area contributed by atoms with Gasteiger partial charge in [-0.25, -0.2) is 4.98 Å². The van der Waals surface area contributed by atoms with E-state index in [1.807, 2.05) is 22.1 Å². The summed E-state index contributed by atoms with van der Waals surface area (Å²) >= 11 is 1.86. The molecule has 6 heteroatoms. The van der Waals surface area contributed by atoms with Gasteiger partial charge in [0.25, 0.3) is 5.91 Å². The molecule has 148 valence electrons. The average molecular weight is 389 g/mol. The molecule has 1 aliphatic rings. The molecule has 0 bridgehead atoms. The fourth-order valence-electron chi connectivity index (χ4n) is 3.50. The number of aromatic nitrogens is 3. The molecule has 1 aliphatic carbocycles. The summed E-state index contributed by atoms with van der Waals surface area (Å²) in [4.78, 5) is 18.8. The number of aryl methyl sites for hydroxylation is 3. The molecule has 0 aromatic carbocycles. The average Bonchev–Trinajstić information content (AvgIpc) is 3.22. The van der Waals surface area contributed by atoms with E-state index in [0.29, 0.717) is 18.2 Å². The summed E-state index contributed by atoms with van der Waals surface area (Å²) in [5.41, 5.74) is 2.79. The van der Waals surface area contributed by atoms with Crippen molar-refractivity contribution in [3.05, 3.63) is 33.0 Å². The van der Waals surface area contributed by atoms with Crippen LogP contribution in [0.4, 0.5) is 0 Å². The third-order valence-corrected chi connectivity index (χ3v) is 6.16. The Morgan fingerprint density at radius 1 is 1.30 bits per heavy atom. The zero-order valence-corrected chi connectivity index (χ0v) is 18.1. The fraction of sp³-hybridized carbons (Fsp3) is 0.667. The van der Waals surface area contributed by atoms with E-state index >= 15 is 0 Å². The van der Waals surface area contributed by atoms with Crippen LogP contribution in [0.5, 0.6) is 0 Å². The van der Waals surface area contributed by atoms with Crippen molar-refractivity contribution in [1.82, 2.24) is 20.1 Å². The quantitative estimate of drug-likeness (QED) is 0.743. The van der Waals surface area contributed by atoms with E-state index in [1.165, 1.54) is 34.8 Å². The van der Waals surface area contributed by atoms with Crippen LogP contribution >= 0.6 is 11.3 Å². The lowest BCUT2D eigenvalue weighted by Gasteiger charge is -2.23. The monoisotopic (exact) mass is 388 g/mol. The standard InChI is InChI=1S/C21H32N4OS/c1-14(2)17-13-16(24-25(17)21(3,4)5)20(26)22-12-8-11-19-23-15-9-6-7-10-18(15)27-19/h13-14H,6-12H2,1-5H3,(H,22,26). The maximum absolute atomic E-state index is 12.5. The van der Waals surface area contributed by atoms with E-state index < -0.39 is 0 Å². The highest BCUT2D eigenvalue weighted by molar-refractivity contribution is 7.11. The Labute approximate surface area is 166 Å². The van der Waals surface area contributed by atoms with Crippen molar-refractivity contribution in [2.75, 3.05) is 6.54 Å². The van der Waals surface area contributed by atoms with Gasteiger partial charge in [0.2, 0.25) is 0 Å². The number of amides is 1. The van der Waals surface area contributed by atoms with Crippen molar-refractivity contribution in [2.24, 2.45) is 0 Å². The number of rotatable bonds is 6. The predicted octanol–water partition coefficient (Wildman–Crippen LogP) is 4.46. The van der Waals surface area contributed by atoms with Crippen LogP contribution in [0.25, 0.3) is 0 Å². The molecule has 0 spiro atoms. The van der Waals surface area contributed by atoms with Crippen LogP contribution < -0.4 is 5.32 Å². The molecule has 0 saturated carbocycles. The van der Waals surface area contributed by atoms with Gasteiger partial charge in [-0.05, 0) is 64.9 Å². The Morgan fingerprint density at radius 2 is 2.04 bits per heavy atom. The van der Waals surface area contributed by atoms with E-state index in [-0.39, 0.29) is 11.4 Å². The fourth-order valence-corrected chi connectivity index (χ4v) is 4.70. The van der Waals surface area contributed by atoms with Gasteiger partial charge in [-0.15, -0.1) is 11.3 Å². The highest BCUT2D eigenvalue weighted by Crippen LogP contribution is 2.27. The summed E-state index contributed by atoms with van der Waals surface area (Å²) < 4.78 is 1.98. The molecular weight excluding hydrogens is 356 g/mol. The molecule has 0 fully saturated rings. The van der Waals surface area contributed by atoms with Gasteiger partial charge in [-0.3, -0.25) is 9.48 Å². The number of carbonyl (C=O) groups is 1. The Balaban J connectivity index is 1.54. The minimum absolute atomic E-state index is 0.0849. The van der Waals surface area contributed by atoms with Crippen molar-refractivity contribution in [3.63, 3.8) is 0 Å². The van der Waals surface area contributed by atoms with Gasteiger partial charge < -0.3 is 5.32 Å². The molecule has 2 aromatic heterocycles. The number of hydrogen-bond acceptors (Lipinski definition) is 4. The summed E-state index contributed by atoms with van der Waals surface area (Å²) in [5.74, 6) is 0.243. The normalized spacial score (nSPS) is 14.4. The molecule has 3 rings (SSSR count). The Hall–Kier alpha value is -1.69. The summed E-state index contributed by atoms with van der Waals surface area (Å²) in [6.07, 6.45) is 6.74. The highest BCUT2D eigenvalue weighted by atomic mass is 32.1. The maximum Gasteiger partial charge on any atom is 0.271 e. The van der Waals surface area contributed by atoms with Gasteiger partial charge in [-0.2, -0.15) is 5.10 Å². The van der Waals surface area contributed by atoms with E-state index in [1.54, 1.807) is 0 Å². The minimum Gasteiger partial charge on any atom is -0.351 e. The third-order valence-electron chi connectivity index (χ3n) is 4.94. The first-order valence-corrected chi connectivity index (χ1v) is 10.9. The van der Waals surface area contributed by atoms with Crippen molar-refractivity contribution in [2.45, 2.75) is 84.6 Å². The number of nitrogens with one attached hydrogen (secondary N) is 1. The number of hydrogen-bond donors (Lipinski definition) is 1. The van der Waals surface area contributed by atoms with Crippen molar-refractivity contribution in [3.8, 4) is 0 Å². The Kier molecular flexibility index (Phi) is 6.04. The smallest absolute Gasteiger partial charge is 0.271 e. The Morgan fingerprint density at radius 3 is 2.67 bits per heavy atom. The molecule has 1 amide bonds. The molecule has 0 unspecified atom stereocenters. The van der Waals surface area contributed by atoms with E-state index in [9.17, 15) is 4.79 Å². The third kappa shape index (κ3) is 4.78. The number of nitrogens with zero attached hydrogens (tertiary/aromatic N) is 3. The highest BCUT2D eigenvalue weighted by Gasteiger charge is 2.23. The second-order valence-corrected chi connectivity index (χ2v) is 9.90. The van der Waals surface area contributed by atoms with Crippen molar-refractivity contribution in [1.29, 1.82) is 0 Å². The summed E-state index contributed by atoms with van der Waals surface area (Å²) in [6, 6.07) is 1.93. The van der Waals surface area contributed by atoms with Crippen LogP contribution in [-0.4, -0.2) is 27.2 Å². The first-order valence-electron chi connectivity index (χ1n) is 10.1. The predicted molar refractivity (Wildman–Crippen MR) is 111 cm³/mol. The van der Waals surface area contributed by atoms with Gasteiger partial charge in [0.15, 0.2) is 0 Å². The molecule has 0 radical (unpaired) electrons. The molecular formula is C21H32N4OS. The van der Waals surface area contributed by atoms with Crippen molar-refractivity contribution >= 4 is 17.2 Å². The molecule has 27 heavy (non-hydrogen) atoms. The van der Waals surface area contributed by atoms with Crippen LogP contribution in [0, 0.1) is 0 Å². The number of thiazole rings is 1. The SMILES string of the molecule is CC(C)c1cc(C(=O)NCCCc2nc3c(s2)CCCC3)nn1C(C)(C)C. The topological polar surface area (TPSA) is 59.8 Å². The Bertz CT molecular complexity index is 774. The van der Waals surface area contributed by atoms with Crippen LogP contribution in [0.15, 0.2) is 6.07 Å². The zero-order chi connectivity index (χ0) is 19.6. The van der Waals surface area contributed by atoms with Gasteiger partial charge in [0.1, 0.15) is 5.69 Å². The van der Waals surface area contributed by atoms with E-state index in [2.05, 4.69) is 45.0 Å². The molecule has 2 aromatic rings. The second kappa shape index (κ2) is 8.13.